The van der Waals surface area contributed by atoms with E-state index >= 15 is 0 Å². The van der Waals surface area contributed by atoms with Gasteiger partial charge in [-0.2, -0.15) is 0 Å². The van der Waals surface area contributed by atoms with Crippen molar-refractivity contribution in [2.45, 2.75) is 0 Å². The quantitative estimate of drug-likeness (QED) is 0.211. The lowest BCUT2D eigenvalue weighted by Gasteiger charge is -2.28. The number of carboxylic acid groups (broad SMARTS) is 1. The number of nitro groups is 1. The van der Waals surface area contributed by atoms with Gasteiger partial charge in [0, 0.05) is 33.1 Å². The van der Waals surface area contributed by atoms with Gasteiger partial charge in [-0.05, 0) is 42.5 Å². The molecule has 9 nitrogen and oxygen atoms in total. The number of carbonyl (C=O) groups excluding carboxylic acids is 2. The molecule has 2 N–H and O–H groups in total. The number of anilines is 3. The van der Waals surface area contributed by atoms with Crippen LogP contribution in [0.25, 0.3) is 10.8 Å². The first kappa shape index (κ1) is 22.1. The van der Waals surface area contributed by atoms with Crippen LogP contribution < -0.4 is 10.2 Å². The fraction of sp³-hybridized carbons (Fsp3) is 0. The third-order valence-corrected chi connectivity index (χ3v) is 5.88. The summed E-state index contributed by atoms with van der Waals surface area (Å²) in [6.45, 7) is 0. The van der Waals surface area contributed by atoms with Gasteiger partial charge >= 0.3 is 5.97 Å². The summed E-state index contributed by atoms with van der Waals surface area (Å²) in [5, 5.41) is 25.3. The number of hydrogen-bond donors (Lipinski definition) is 2. The van der Waals surface area contributed by atoms with Crippen LogP contribution in [0.2, 0.25) is 5.02 Å². The molecule has 1 heterocycles. The second-order valence-corrected chi connectivity index (χ2v) is 8.18. The van der Waals surface area contributed by atoms with E-state index in [1.165, 1.54) is 30.3 Å². The predicted molar refractivity (Wildman–Crippen MR) is 130 cm³/mol. The minimum absolute atomic E-state index is 0.0423. The van der Waals surface area contributed by atoms with Crippen LogP contribution in [0.15, 0.2) is 72.8 Å². The lowest BCUT2D eigenvalue weighted by atomic mass is 9.91. The monoisotopic (exact) mass is 487 g/mol. The summed E-state index contributed by atoms with van der Waals surface area (Å²) >= 11 is 6.05. The number of aromatic carboxylic acids is 1. The molecule has 0 radical (unpaired) electrons. The van der Waals surface area contributed by atoms with Gasteiger partial charge in [0.05, 0.1) is 21.7 Å². The molecule has 10 heteroatoms. The number of benzene rings is 4. The number of nitro benzene ring substituents is 1. The molecule has 35 heavy (non-hydrogen) atoms. The molecule has 0 aliphatic carbocycles. The van der Waals surface area contributed by atoms with Crippen LogP contribution in [0.1, 0.15) is 31.1 Å². The maximum absolute atomic E-state index is 13.5. The molecule has 5 rings (SSSR count). The Kier molecular flexibility index (Phi) is 5.18. The third-order valence-electron chi connectivity index (χ3n) is 5.65. The zero-order chi connectivity index (χ0) is 24.9. The summed E-state index contributed by atoms with van der Waals surface area (Å²) < 4.78 is 0. The van der Waals surface area contributed by atoms with E-state index in [1.54, 1.807) is 36.4 Å². The Morgan fingerprint density at radius 1 is 0.943 bits per heavy atom. The summed E-state index contributed by atoms with van der Waals surface area (Å²) in [6.07, 6.45) is 0. The number of rotatable bonds is 5. The van der Waals surface area contributed by atoms with Crippen LogP contribution in [0, 0.1) is 10.1 Å². The summed E-state index contributed by atoms with van der Waals surface area (Å²) in [4.78, 5) is 50.5. The molecule has 0 bridgehead atoms. The zero-order valence-corrected chi connectivity index (χ0v) is 18.4. The molecule has 0 atom stereocenters. The van der Waals surface area contributed by atoms with E-state index in [4.69, 9.17) is 11.6 Å². The topological polar surface area (TPSA) is 130 Å². The highest BCUT2D eigenvalue weighted by Gasteiger charge is 2.37. The smallest absolute Gasteiger partial charge is 0.335 e. The highest BCUT2D eigenvalue weighted by Crippen LogP contribution is 2.42. The van der Waals surface area contributed by atoms with Crippen LogP contribution in [0.5, 0.6) is 0 Å². The zero-order valence-electron chi connectivity index (χ0n) is 17.7. The number of nitrogens with zero attached hydrogens (tertiary/aromatic N) is 2. The Morgan fingerprint density at radius 3 is 2.37 bits per heavy atom. The first-order valence-corrected chi connectivity index (χ1v) is 10.6. The Bertz CT molecular complexity index is 1600. The van der Waals surface area contributed by atoms with Crippen molar-refractivity contribution in [3.05, 3.63) is 105 Å². The van der Waals surface area contributed by atoms with Gasteiger partial charge in [0.1, 0.15) is 5.69 Å². The van der Waals surface area contributed by atoms with Crippen molar-refractivity contribution in [2.24, 2.45) is 0 Å². The van der Waals surface area contributed by atoms with E-state index in [2.05, 4.69) is 5.32 Å². The first-order valence-electron chi connectivity index (χ1n) is 10.2. The summed E-state index contributed by atoms with van der Waals surface area (Å²) in [5.41, 5.74) is 0.278. The highest BCUT2D eigenvalue weighted by molar-refractivity contribution is 6.37. The van der Waals surface area contributed by atoms with Gasteiger partial charge in [-0.1, -0.05) is 35.9 Å². The lowest BCUT2D eigenvalue weighted by molar-refractivity contribution is -0.383. The van der Waals surface area contributed by atoms with E-state index in [9.17, 15) is 29.6 Å². The molecule has 0 aromatic heterocycles. The van der Waals surface area contributed by atoms with Gasteiger partial charge in [0.15, 0.2) is 0 Å². The van der Waals surface area contributed by atoms with E-state index in [1.807, 2.05) is 0 Å². The number of carboxylic acids is 1. The van der Waals surface area contributed by atoms with Crippen molar-refractivity contribution in [3.8, 4) is 0 Å². The molecule has 1 aliphatic rings. The van der Waals surface area contributed by atoms with Gasteiger partial charge in [0.2, 0.25) is 0 Å². The molecule has 4 aromatic carbocycles. The van der Waals surface area contributed by atoms with Crippen LogP contribution in [0.4, 0.5) is 22.7 Å². The number of carbonyl (C=O) groups is 3. The van der Waals surface area contributed by atoms with Crippen LogP contribution in [-0.2, 0) is 0 Å². The Balaban J connectivity index is 1.74. The average molecular weight is 488 g/mol. The Labute approximate surface area is 202 Å². The fourth-order valence-electron chi connectivity index (χ4n) is 4.15. The van der Waals surface area contributed by atoms with Gasteiger partial charge in [-0.25, -0.2) is 9.69 Å². The van der Waals surface area contributed by atoms with Crippen LogP contribution in [-0.4, -0.2) is 27.8 Å². The molecule has 1 aliphatic heterocycles. The maximum atomic E-state index is 13.5. The predicted octanol–water partition coefficient (Wildman–Crippen LogP) is 5.64. The van der Waals surface area contributed by atoms with Crippen molar-refractivity contribution in [2.75, 3.05) is 10.2 Å². The van der Waals surface area contributed by atoms with E-state index in [0.29, 0.717) is 16.1 Å². The average Bonchev–Trinajstić information content (AvgIpc) is 2.83. The number of hydrogen-bond acceptors (Lipinski definition) is 6. The number of halogens is 1. The molecule has 0 fully saturated rings. The normalized spacial score (nSPS) is 12.7. The second-order valence-electron chi connectivity index (χ2n) is 7.74. The Morgan fingerprint density at radius 2 is 1.66 bits per heavy atom. The maximum Gasteiger partial charge on any atom is 0.335 e. The largest absolute Gasteiger partial charge is 0.478 e. The van der Waals surface area contributed by atoms with Crippen molar-refractivity contribution < 1.29 is 24.4 Å². The lowest BCUT2D eigenvalue weighted by Crippen LogP contribution is -2.40. The van der Waals surface area contributed by atoms with E-state index in [0.717, 1.165) is 11.0 Å². The number of amides is 2. The number of nitrogens with one attached hydrogen (secondary N) is 1. The molecule has 0 unspecified atom stereocenters. The molecule has 172 valence electrons. The van der Waals surface area contributed by atoms with Crippen molar-refractivity contribution in [1.29, 1.82) is 0 Å². The molecule has 0 saturated carbocycles. The van der Waals surface area contributed by atoms with Crippen molar-refractivity contribution in [1.82, 2.24) is 0 Å². The summed E-state index contributed by atoms with van der Waals surface area (Å²) in [7, 11) is 0. The molecular formula is C25H14ClN3O6. The number of imide groups is 1. The molecule has 0 saturated heterocycles. The van der Waals surface area contributed by atoms with E-state index < -0.39 is 22.7 Å². The van der Waals surface area contributed by atoms with Crippen molar-refractivity contribution in [3.63, 3.8) is 0 Å². The standard InChI is InChI=1S/C25H14ClN3O6/c26-14-5-2-6-15(11-14)27-22-17-8-3-9-18-21(17)19(12-20(22)29(34)35)24(31)28(23(18)30)16-7-1-4-13(10-16)25(32)33/h1-12,27H,(H,32,33). The van der Waals surface area contributed by atoms with Crippen molar-refractivity contribution >= 4 is 62.9 Å². The molecule has 2 amide bonds. The molecule has 4 aromatic rings. The van der Waals surface area contributed by atoms with E-state index in [-0.39, 0.29) is 39.1 Å². The molecular weight excluding hydrogens is 474 g/mol. The SMILES string of the molecule is O=C(O)c1cccc(N2C(=O)c3cccc4c(Nc5cccc(Cl)c5)c([N+](=O)[O-])cc(c34)C2=O)c1. The minimum atomic E-state index is -1.22. The summed E-state index contributed by atoms with van der Waals surface area (Å²) in [5.74, 6) is -2.68. The highest BCUT2D eigenvalue weighted by atomic mass is 35.5. The van der Waals surface area contributed by atoms with Gasteiger partial charge < -0.3 is 10.4 Å². The minimum Gasteiger partial charge on any atom is -0.478 e. The first-order chi connectivity index (χ1) is 16.8. The van der Waals surface area contributed by atoms with Gasteiger partial charge in [-0.15, -0.1) is 0 Å². The fourth-order valence-corrected chi connectivity index (χ4v) is 4.34. The second kappa shape index (κ2) is 8.23. The Hall–Kier alpha value is -4.76. The van der Waals surface area contributed by atoms with Gasteiger partial charge in [-0.3, -0.25) is 19.7 Å². The van der Waals surface area contributed by atoms with Gasteiger partial charge in [0.25, 0.3) is 17.5 Å². The van der Waals surface area contributed by atoms with Crippen LogP contribution >= 0.6 is 11.6 Å². The molecule has 0 spiro atoms. The summed E-state index contributed by atoms with van der Waals surface area (Å²) in [6, 6.07) is 17.8. The van der Waals surface area contributed by atoms with Crippen LogP contribution in [0.3, 0.4) is 0 Å². The third kappa shape index (κ3) is 3.64.